The van der Waals surface area contributed by atoms with E-state index in [2.05, 4.69) is 18.8 Å². The third kappa shape index (κ3) is 9.65. The molecule has 0 aliphatic rings. The summed E-state index contributed by atoms with van der Waals surface area (Å²) in [4.78, 5) is 13.1. The van der Waals surface area contributed by atoms with Crippen LogP contribution in [-0.4, -0.2) is 24.4 Å². The van der Waals surface area contributed by atoms with Gasteiger partial charge >= 0.3 is 57.6 Å². The molecule has 0 saturated heterocycles. The topological polar surface area (TPSA) is 52.5 Å². The third-order valence-electron chi connectivity index (χ3n) is 1.68. The fourth-order valence-corrected chi connectivity index (χ4v) is 1.08. The molecule has 0 N–H and O–H groups in total. The van der Waals surface area contributed by atoms with Gasteiger partial charge in [-0.3, -0.25) is 4.99 Å². The molecule has 0 aromatic heterocycles. The summed E-state index contributed by atoms with van der Waals surface area (Å²) in [7, 11) is 0. The van der Waals surface area contributed by atoms with Crippen LogP contribution < -0.4 is 56.5 Å². The Balaban J connectivity index is 0. The van der Waals surface area contributed by atoms with Crippen molar-refractivity contribution in [1.82, 2.24) is 0 Å². The number of hydrogen-bond donors (Lipinski definition) is 0. The van der Waals surface area contributed by atoms with Gasteiger partial charge in [-0.1, -0.05) is 50.6 Å². The molecular formula is C13H15F3KNO2. The van der Waals surface area contributed by atoms with Gasteiger partial charge in [0.1, 0.15) is 5.71 Å². The zero-order valence-electron chi connectivity index (χ0n) is 11.7. The monoisotopic (exact) mass is 313 g/mol. The van der Waals surface area contributed by atoms with E-state index in [1.807, 2.05) is 0 Å². The molecule has 0 aliphatic carbocycles. The van der Waals surface area contributed by atoms with E-state index in [9.17, 15) is 23.1 Å². The van der Waals surface area contributed by atoms with E-state index in [0.29, 0.717) is 0 Å². The number of aliphatic carboxylic acids is 1. The Morgan fingerprint density at radius 1 is 1.20 bits per heavy atom. The van der Waals surface area contributed by atoms with Crippen LogP contribution in [0.5, 0.6) is 0 Å². The minimum absolute atomic E-state index is 0. The zero-order valence-corrected chi connectivity index (χ0v) is 14.8. The maximum Gasteiger partial charge on any atom is 1.00 e. The first-order valence-corrected chi connectivity index (χ1v) is 5.69. The predicted molar refractivity (Wildman–Crippen MR) is 64.9 cm³/mol. The molecule has 1 aromatic carbocycles. The minimum Gasteiger partial charge on any atom is -0.548 e. The maximum atomic E-state index is 12.5. The quantitative estimate of drug-likeness (QED) is 0.542. The van der Waals surface area contributed by atoms with E-state index in [1.54, 1.807) is 6.07 Å². The first kappa shape index (κ1) is 22.1. The van der Waals surface area contributed by atoms with Crippen LogP contribution in [0.15, 0.2) is 35.3 Å². The van der Waals surface area contributed by atoms with Crippen LogP contribution in [0.2, 0.25) is 0 Å². The SMILES string of the molecule is CCC.O=C([O-])CN=C(c1ccccc1)C(F)(F)F.[K+]. The Kier molecular flexibility index (Phi) is 12.6. The number of halogens is 3. The summed E-state index contributed by atoms with van der Waals surface area (Å²) in [6.45, 7) is 3.24. The maximum absolute atomic E-state index is 12.5. The molecule has 1 rings (SSSR count). The molecule has 1 aromatic rings. The Hall–Kier alpha value is -0.214. The Labute approximate surface area is 158 Å². The first-order chi connectivity index (χ1) is 8.82. The van der Waals surface area contributed by atoms with Crippen LogP contribution in [0, 0.1) is 0 Å². The molecule has 106 valence electrons. The molecule has 0 radical (unpaired) electrons. The van der Waals surface area contributed by atoms with Gasteiger partial charge in [0.25, 0.3) is 0 Å². The van der Waals surface area contributed by atoms with Crippen LogP contribution >= 0.6 is 0 Å². The molecule has 0 fully saturated rings. The second-order valence-electron chi connectivity index (χ2n) is 3.61. The number of nitrogens with zero attached hydrogens (tertiary/aromatic N) is 1. The third-order valence-corrected chi connectivity index (χ3v) is 1.68. The van der Waals surface area contributed by atoms with E-state index in [1.165, 1.54) is 30.7 Å². The van der Waals surface area contributed by atoms with Crippen molar-refractivity contribution in [3.63, 3.8) is 0 Å². The average Bonchev–Trinajstić information content (AvgIpc) is 2.29. The molecule has 0 atom stereocenters. The van der Waals surface area contributed by atoms with Gasteiger partial charge in [0.2, 0.25) is 0 Å². The molecule has 0 bridgehead atoms. The zero-order chi connectivity index (χ0) is 14.9. The van der Waals surface area contributed by atoms with E-state index in [0.717, 1.165) is 0 Å². The van der Waals surface area contributed by atoms with Crippen LogP contribution in [0.4, 0.5) is 13.2 Å². The number of hydrogen-bond acceptors (Lipinski definition) is 3. The van der Waals surface area contributed by atoms with Gasteiger partial charge in [0, 0.05) is 5.56 Å². The number of carboxylic acid groups (broad SMARTS) is 1. The van der Waals surface area contributed by atoms with Crippen molar-refractivity contribution in [2.45, 2.75) is 26.4 Å². The van der Waals surface area contributed by atoms with Crippen molar-refractivity contribution in [2.75, 3.05) is 6.54 Å². The first-order valence-electron chi connectivity index (χ1n) is 5.69. The number of alkyl halides is 3. The second kappa shape index (κ2) is 11.4. The van der Waals surface area contributed by atoms with E-state index >= 15 is 0 Å². The van der Waals surface area contributed by atoms with Gasteiger partial charge in [0.05, 0.1) is 12.5 Å². The Bertz CT molecular complexity index is 419. The molecule has 0 heterocycles. The fraction of sp³-hybridized carbons (Fsp3) is 0.385. The average molecular weight is 313 g/mol. The van der Waals surface area contributed by atoms with Crippen molar-refractivity contribution in [2.24, 2.45) is 4.99 Å². The van der Waals surface area contributed by atoms with Crippen molar-refractivity contribution < 1.29 is 74.5 Å². The van der Waals surface area contributed by atoms with Crippen LogP contribution in [0.3, 0.4) is 0 Å². The number of rotatable bonds is 3. The van der Waals surface area contributed by atoms with Crippen molar-refractivity contribution in [1.29, 1.82) is 0 Å². The second-order valence-corrected chi connectivity index (χ2v) is 3.61. The van der Waals surface area contributed by atoms with Crippen molar-refractivity contribution >= 4 is 11.7 Å². The molecule has 3 nitrogen and oxygen atoms in total. The molecule has 0 unspecified atom stereocenters. The smallest absolute Gasteiger partial charge is 0.548 e. The number of carboxylic acids is 1. The Morgan fingerprint density at radius 2 is 1.65 bits per heavy atom. The Morgan fingerprint density at radius 3 is 2.00 bits per heavy atom. The van der Waals surface area contributed by atoms with Crippen LogP contribution in [0.1, 0.15) is 25.8 Å². The summed E-state index contributed by atoms with van der Waals surface area (Å²) >= 11 is 0. The van der Waals surface area contributed by atoms with Gasteiger partial charge in [-0.2, -0.15) is 13.2 Å². The molecular weight excluding hydrogens is 298 g/mol. The van der Waals surface area contributed by atoms with Crippen LogP contribution in [0.25, 0.3) is 0 Å². The standard InChI is InChI=1S/C10H8F3NO2.C3H8.K/c11-10(12,13)9(14-6-8(15)16)7-4-2-1-3-5-7;1-3-2;/h1-5H,6H2,(H,15,16);3H2,1-2H3;/q;;+1/p-1. The van der Waals surface area contributed by atoms with Crippen LogP contribution in [-0.2, 0) is 4.79 Å². The molecule has 0 amide bonds. The largest absolute Gasteiger partial charge is 1.00 e. The molecule has 7 heteroatoms. The van der Waals surface area contributed by atoms with Gasteiger partial charge in [-0.25, -0.2) is 0 Å². The van der Waals surface area contributed by atoms with Gasteiger partial charge in [0.15, 0.2) is 0 Å². The van der Waals surface area contributed by atoms with Gasteiger partial charge in [-0.05, 0) is 0 Å². The summed E-state index contributed by atoms with van der Waals surface area (Å²) < 4.78 is 37.5. The minimum atomic E-state index is -4.68. The number of benzene rings is 1. The van der Waals surface area contributed by atoms with Gasteiger partial charge < -0.3 is 9.90 Å². The normalized spacial score (nSPS) is 10.9. The summed E-state index contributed by atoms with van der Waals surface area (Å²) in [5.41, 5.74) is -1.38. The summed E-state index contributed by atoms with van der Waals surface area (Å²) in [6.07, 6.45) is -3.43. The fourth-order valence-electron chi connectivity index (χ4n) is 1.08. The number of carbonyl (C=O) groups excluding carboxylic acids is 1. The predicted octanol–water partition coefficient (Wildman–Crippen LogP) is -0.792. The van der Waals surface area contributed by atoms with Crippen molar-refractivity contribution in [3.05, 3.63) is 35.9 Å². The number of carbonyl (C=O) groups is 1. The molecule has 0 saturated carbocycles. The molecule has 0 aliphatic heterocycles. The van der Waals surface area contributed by atoms with E-state index in [-0.39, 0.29) is 56.9 Å². The molecule has 20 heavy (non-hydrogen) atoms. The summed E-state index contributed by atoms with van der Waals surface area (Å²) in [6, 6.07) is 6.80. The summed E-state index contributed by atoms with van der Waals surface area (Å²) in [5.74, 6) is -1.65. The van der Waals surface area contributed by atoms with Crippen molar-refractivity contribution in [3.8, 4) is 0 Å². The summed E-state index contributed by atoms with van der Waals surface area (Å²) in [5, 5.41) is 10.1. The molecule has 0 spiro atoms. The van der Waals surface area contributed by atoms with Gasteiger partial charge in [-0.15, -0.1) is 0 Å². The van der Waals surface area contributed by atoms with E-state index in [4.69, 9.17) is 0 Å². The van der Waals surface area contributed by atoms with E-state index < -0.39 is 24.4 Å². The number of aliphatic imine (C=N–C) groups is 1.